The van der Waals surface area contributed by atoms with Gasteiger partial charge in [-0.05, 0) is 30.4 Å². The summed E-state index contributed by atoms with van der Waals surface area (Å²) in [4.78, 5) is 26.8. The maximum absolute atomic E-state index is 12.9. The minimum atomic E-state index is -0.390. The fourth-order valence-corrected chi connectivity index (χ4v) is 3.81. The van der Waals surface area contributed by atoms with Crippen LogP contribution in [0.4, 0.5) is 5.69 Å². The quantitative estimate of drug-likeness (QED) is 0.933. The molecule has 1 unspecified atom stereocenters. The molecule has 118 valence electrons. The zero-order valence-corrected chi connectivity index (χ0v) is 13.2. The van der Waals surface area contributed by atoms with Gasteiger partial charge < -0.3 is 5.32 Å². The Kier molecular flexibility index (Phi) is 4.46. The first-order chi connectivity index (χ1) is 10.7. The largest absolute Gasteiger partial charge is 0.357 e. The van der Waals surface area contributed by atoms with E-state index in [1.807, 2.05) is 24.3 Å². The molecule has 1 aliphatic heterocycles. The van der Waals surface area contributed by atoms with Gasteiger partial charge in [0.15, 0.2) is 0 Å². The Bertz CT molecular complexity index is 564. The Morgan fingerprint density at radius 2 is 1.91 bits per heavy atom. The van der Waals surface area contributed by atoms with E-state index >= 15 is 0 Å². The molecule has 0 saturated heterocycles. The summed E-state index contributed by atoms with van der Waals surface area (Å²) in [6.45, 7) is 0. The molecule has 0 spiro atoms. The van der Waals surface area contributed by atoms with Crippen molar-refractivity contribution in [2.75, 3.05) is 11.9 Å². The van der Waals surface area contributed by atoms with Crippen LogP contribution in [0, 0.1) is 5.92 Å². The normalized spacial score (nSPS) is 21.5. The molecule has 1 heterocycles. The number of nitrogens with zero attached hydrogens (tertiary/aromatic N) is 1. The molecule has 1 atom stereocenters. The SMILES string of the molecule is CNC(=O)C1Cc2ccccc2N1C(=O)CC1CCCCC1. The number of benzene rings is 1. The van der Waals surface area contributed by atoms with E-state index in [9.17, 15) is 9.59 Å². The number of carbonyl (C=O) groups is 2. The van der Waals surface area contributed by atoms with Crippen LogP contribution < -0.4 is 10.2 Å². The first kappa shape index (κ1) is 15.1. The zero-order valence-electron chi connectivity index (χ0n) is 13.2. The Morgan fingerprint density at radius 3 is 2.64 bits per heavy atom. The second kappa shape index (κ2) is 6.51. The fourth-order valence-electron chi connectivity index (χ4n) is 3.81. The Hall–Kier alpha value is -1.84. The number of amides is 2. The number of hydrogen-bond donors (Lipinski definition) is 1. The van der Waals surface area contributed by atoms with E-state index in [0.717, 1.165) is 24.1 Å². The molecule has 1 fully saturated rings. The van der Waals surface area contributed by atoms with Gasteiger partial charge in [-0.25, -0.2) is 0 Å². The van der Waals surface area contributed by atoms with Gasteiger partial charge in [0.25, 0.3) is 0 Å². The number of fused-ring (bicyclic) bond motifs is 1. The van der Waals surface area contributed by atoms with Crippen molar-refractivity contribution in [3.8, 4) is 0 Å². The molecule has 3 rings (SSSR count). The second-order valence-electron chi connectivity index (χ2n) is 6.43. The van der Waals surface area contributed by atoms with E-state index in [1.165, 1.54) is 19.3 Å². The Balaban J connectivity index is 1.80. The van der Waals surface area contributed by atoms with Crippen LogP contribution in [0.25, 0.3) is 0 Å². The molecule has 1 aromatic rings. The molecule has 0 radical (unpaired) electrons. The first-order valence-corrected chi connectivity index (χ1v) is 8.32. The standard InChI is InChI=1S/C18H24N2O2/c1-19-18(22)16-12-14-9-5-6-10-15(14)20(16)17(21)11-13-7-3-2-4-8-13/h5-6,9-10,13,16H,2-4,7-8,11-12H2,1H3,(H,19,22). The summed E-state index contributed by atoms with van der Waals surface area (Å²) >= 11 is 0. The lowest BCUT2D eigenvalue weighted by atomic mass is 9.86. The molecule has 1 aliphatic carbocycles. The van der Waals surface area contributed by atoms with Crippen LogP contribution in [0.1, 0.15) is 44.1 Å². The highest BCUT2D eigenvalue weighted by Crippen LogP contribution is 2.34. The number of carbonyl (C=O) groups excluding carboxylic acids is 2. The fraction of sp³-hybridized carbons (Fsp3) is 0.556. The van der Waals surface area contributed by atoms with E-state index in [4.69, 9.17) is 0 Å². The van der Waals surface area contributed by atoms with Crippen LogP contribution >= 0.6 is 0 Å². The predicted octanol–water partition coefficient (Wildman–Crippen LogP) is 2.66. The summed E-state index contributed by atoms with van der Waals surface area (Å²) in [5.74, 6) is 0.512. The van der Waals surface area contributed by atoms with Crippen molar-refractivity contribution in [1.82, 2.24) is 5.32 Å². The van der Waals surface area contributed by atoms with Gasteiger partial charge in [0, 0.05) is 25.6 Å². The maximum Gasteiger partial charge on any atom is 0.243 e. The van der Waals surface area contributed by atoms with Gasteiger partial charge in [0.05, 0.1) is 0 Å². The molecule has 1 saturated carbocycles. The molecular formula is C18H24N2O2. The Morgan fingerprint density at radius 1 is 1.18 bits per heavy atom. The molecule has 2 aliphatic rings. The van der Waals surface area contributed by atoms with Crippen molar-refractivity contribution in [2.24, 2.45) is 5.92 Å². The summed E-state index contributed by atoms with van der Waals surface area (Å²) in [6, 6.07) is 7.48. The molecule has 1 aromatic carbocycles. The summed E-state index contributed by atoms with van der Waals surface area (Å²) in [5.41, 5.74) is 2.00. The van der Waals surface area contributed by atoms with Gasteiger partial charge in [-0.3, -0.25) is 14.5 Å². The number of likely N-dealkylation sites (N-methyl/N-ethyl adjacent to an activating group) is 1. The van der Waals surface area contributed by atoms with Gasteiger partial charge in [-0.1, -0.05) is 37.5 Å². The number of hydrogen-bond acceptors (Lipinski definition) is 2. The molecule has 1 N–H and O–H groups in total. The predicted molar refractivity (Wildman–Crippen MR) is 86.7 cm³/mol. The molecule has 0 bridgehead atoms. The average molecular weight is 300 g/mol. The van der Waals surface area contributed by atoms with Crippen LogP contribution in [-0.2, 0) is 16.0 Å². The number of rotatable bonds is 3. The van der Waals surface area contributed by atoms with Crippen LogP contribution in [0.3, 0.4) is 0 Å². The number of para-hydroxylation sites is 1. The molecule has 22 heavy (non-hydrogen) atoms. The van der Waals surface area contributed by atoms with E-state index < -0.39 is 6.04 Å². The highest BCUT2D eigenvalue weighted by atomic mass is 16.2. The molecule has 2 amide bonds. The van der Waals surface area contributed by atoms with Gasteiger partial charge in [-0.2, -0.15) is 0 Å². The third-order valence-corrected chi connectivity index (χ3v) is 4.98. The van der Waals surface area contributed by atoms with E-state index in [-0.39, 0.29) is 11.8 Å². The van der Waals surface area contributed by atoms with E-state index in [1.54, 1.807) is 11.9 Å². The van der Waals surface area contributed by atoms with Crippen molar-refractivity contribution in [2.45, 2.75) is 51.0 Å². The number of nitrogens with one attached hydrogen (secondary N) is 1. The second-order valence-corrected chi connectivity index (χ2v) is 6.43. The minimum Gasteiger partial charge on any atom is -0.357 e. The third-order valence-electron chi connectivity index (χ3n) is 4.98. The van der Waals surface area contributed by atoms with Crippen molar-refractivity contribution in [3.63, 3.8) is 0 Å². The van der Waals surface area contributed by atoms with Crippen LogP contribution in [0.5, 0.6) is 0 Å². The molecular weight excluding hydrogens is 276 g/mol. The lowest BCUT2D eigenvalue weighted by molar-refractivity contribution is -0.126. The zero-order chi connectivity index (χ0) is 15.5. The Labute approximate surface area is 131 Å². The van der Waals surface area contributed by atoms with Crippen LogP contribution in [-0.4, -0.2) is 24.9 Å². The van der Waals surface area contributed by atoms with Gasteiger partial charge in [0.1, 0.15) is 6.04 Å². The van der Waals surface area contributed by atoms with Crippen molar-refractivity contribution in [1.29, 1.82) is 0 Å². The summed E-state index contributed by atoms with van der Waals surface area (Å²) in [7, 11) is 1.63. The lowest BCUT2D eigenvalue weighted by Gasteiger charge is -2.28. The van der Waals surface area contributed by atoms with Gasteiger partial charge in [-0.15, -0.1) is 0 Å². The monoisotopic (exact) mass is 300 g/mol. The summed E-state index contributed by atoms with van der Waals surface area (Å²) in [5, 5.41) is 2.70. The summed E-state index contributed by atoms with van der Waals surface area (Å²) < 4.78 is 0. The highest BCUT2D eigenvalue weighted by Gasteiger charge is 2.38. The third kappa shape index (κ3) is 2.87. The molecule has 0 aromatic heterocycles. The number of anilines is 1. The van der Waals surface area contributed by atoms with Gasteiger partial charge in [0.2, 0.25) is 11.8 Å². The van der Waals surface area contributed by atoms with E-state index in [0.29, 0.717) is 18.8 Å². The first-order valence-electron chi connectivity index (χ1n) is 8.32. The minimum absolute atomic E-state index is 0.0757. The van der Waals surface area contributed by atoms with E-state index in [2.05, 4.69) is 5.32 Å². The van der Waals surface area contributed by atoms with Crippen molar-refractivity contribution in [3.05, 3.63) is 29.8 Å². The lowest BCUT2D eigenvalue weighted by Crippen LogP contribution is -2.47. The highest BCUT2D eigenvalue weighted by molar-refractivity contribution is 6.03. The van der Waals surface area contributed by atoms with Crippen LogP contribution in [0.2, 0.25) is 0 Å². The summed E-state index contributed by atoms with van der Waals surface area (Å²) in [6.07, 6.45) is 7.23. The van der Waals surface area contributed by atoms with Gasteiger partial charge >= 0.3 is 0 Å². The van der Waals surface area contributed by atoms with Crippen LogP contribution in [0.15, 0.2) is 24.3 Å². The van der Waals surface area contributed by atoms with Crippen molar-refractivity contribution >= 4 is 17.5 Å². The topological polar surface area (TPSA) is 49.4 Å². The smallest absolute Gasteiger partial charge is 0.243 e. The maximum atomic E-state index is 12.9. The molecule has 4 heteroatoms. The average Bonchev–Trinajstić information content (AvgIpc) is 2.94. The van der Waals surface area contributed by atoms with Crippen molar-refractivity contribution < 1.29 is 9.59 Å². The molecule has 4 nitrogen and oxygen atoms in total.